The Kier molecular flexibility index (Phi) is 22.9. The Labute approximate surface area is 402 Å². The van der Waals surface area contributed by atoms with Crippen LogP contribution < -0.4 is 48.7 Å². The number of aromatic nitrogens is 2. The predicted molar refractivity (Wildman–Crippen MR) is 256 cm³/mol. The molecule has 1 fully saturated rings. The van der Waals surface area contributed by atoms with Crippen molar-refractivity contribution in [1.82, 2.24) is 52.1 Å². The Hall–Kier alpha value is -6.78. The summed E-state index contributed by atoms with van der Waals surface area (Å²) >= 11 is 0. The second-order valence-electron chi connectivity index (χ2n) is 17.9. The van der Waals surface area contributed by atoms with E-state index in [2.05, 4.69) is 52.2 Å². The highest BCUT2D eigenvalue weighted by Crippen LogP contribution is 2.22. The van der Waals surface area contributed by atoms with Gasteiger partial charge in [-0.15, -0.1) is 0 Å². The van der Waals surface area contributed by atoms with Gasteiger partial charge in [-0.2, -0.15) is 0 Å². The number of guanidine groups is 1. The van der Waals surface area contributed by atoms with E-state index in [1.165, 1.54) is 29.6 Å². The zero-order valence-corrected chi connectivity index (χ0v) is 40.7. The molecule has 2 heterocycles. The summed E-state index contributed by atoms with van der Waals surface area (Å²) in [7, 11) is 1.57. The van der Waals surface area contributed by atoms with Crippen molar-refractivity contribution in [3.63, 3.8) is 0 Å². The number of nitrogens with zero attached hydrogens (tertiary/aromatic N) is 3. The van der Waals surface area contributed by atoms with E-state index in [0.717, 1.165) is 0 Å². The number of carbonyl (C=O) groups excluding carboxylic acids is 7. The van der Waals surface area contributed by atoms with Gasteiger partial charge >= 0.3 is 5.97 Å². The van der Waals surface area contributed by atoms with Crippen molar-refractivity contribution in [3.05, 3.63) is 48.0 Å². The number of phenols is 1. The number of hydrogen-bond donors (Lipinski definition) is 12. The van der Waals surface area contributed by atoms with Crippen LogP contribution in [0, 0.1) is 17.8 Å². The number of aliphatic carboxylic acids is 1. The first kappa shape index (κ1) is 56.5. The number of carboxylic acids is 1. The molecule has 1 aliphatic heterocycles. The van der Waals surface area contributed by atoms with Gasteiger partial charge in [0.05, 0.1) is 12.9 Å². The lowest BCUT2D eigenvalue weighted by Crippen LogP contribution is -2.62. The minimum absolute atomic E-state index is 0.0369. The number of benzene rings is 1. The zero-order valence-electron chi connectivity index (χ0n) is 40.7. The van der Waals surface area contributed by atoms with E-state index >= 15 is 0 Å². The van der Waals surface area contributed by atoms with Gasteiger partial charge < -0.3 is 68.8 Å². The van der Waals surface area contributed by atoms with Crippen molar-refractivity contribution in [2.24, 2.45) is 34.2 Å². The summed E-state index contributed by atoms with van der Waals surface area (Å²) in [5, 5.41) is 38.9. The van der Waals surface area contributed by atoms with Crippen LogP contribution in [0.4, 0.5) is 0 Å². The van der Waals surface area contributed by atoms with Crippen LogP contribution in [0.1, 0.15) is 91.3 Å². The van der Waals surface area contributed by atoms with Crippen LogP contribution in [0.3, 0.4) is 0 Å². The maximum atomic E-state index is 14.5. The van der Waals surface area contributed by atoms with Crippen LogP contribution in [0.5, 0.6) is 5.75 Å². The normalized spacial score (nSPS) is 16.9. The quantitative estimate of drug-likeness (QED) is 0.0274. The van der Waals surface area contributed by atoms with Crippen LogP contribution >= 0.6 is 0 Å². The molecule has 3 rings (SSSR count). The fourth-order valence-corrected chi connectivity index (χ4v) is 7.77. The first-order valence-electron chi connectivity index (χ1n) is 23.5. The number of amides is 7. The Bertz CT molecular complexity index is 2060. The van der Waals surface area contributed by atoms with Crippen LogP contribution in [-0.4, -0.2) is 147 Å². The summed E-state index contributed by atoms with van der Waals surface area (Å²) in [6.07, 6.45) is 4.75. The third kappa shape index (κ3) is 17.7. The first-order chi connectivity index (χ1) is 32.7. The molecule has 1 aliphatic rings. The van der Waals surface area contributed by atoms with Gasteiger partial charge in [-0.1, -0.05) is 66.5 Å². The second-order valence-corrected chi connectivity index (χ2v) is 17.9. The number of phenolic OH excluding ortho intramolecular Hbond substituents is 1. The second kappa shape index (κ2) is 27.9. The van der Waals surface area contributed by atoms with E-state index in [-0.39, 0.29) is 62.9 Å². The minimum atomic E-state index is -1.35. The van der Waals surface area contributed by atoms with Crippen molar-refractivity contribution in [2.45, 2.75) is 135 Å². The van der Waals surface area contributed by atoms with Gasteiger partial charge in [-0.3, -0.25) is 38.6 Å². The third-order valence-electron chi connectivity index (χ3n) is 12.2. The number of nitrogens with two attached hydrogens (primary N) is 2. The lowest BCUT2D eigenvalue weighted by atomic mass is 9.96. The molecule has 1 aromatic carbocycles. The molecule has 9 atom stereocenters. The highest BCUT2D eigenvalue weighted by atomic mass is 16.4. The predicted octanol–water partition coefficient (Wildman–Crippen LogP) is -1.09. The number of hydrogen-bond acceptors (Lipinski definition) is 12. The van der Waals surface area contributed by atoms with Gasteiger partial charge in [0, 0.05) is 37.8 Å². The molecule has 0 bridgehead atoms. The topological polar surface area (TPSA) is 358 Å². The highest BCUT2D eigenvalue weighted by molar-refractivity contribution is 5.98. The van der Waals surface area contributed by atoms with Gasteiger partial charge in [0.25, 0.3) is 0 Å². The lowest BCUT2D eigenvalue weighted by molar-refractivity contribution is -0.146. The highest BCUT2D eigenvalue weighted by Gasteiger charge is 2.41. The molecule has 0 saturated carbocycles. The third-order valence-corrected chi connectivity index (χ3v) is 12.2. The van der Waals surface area contributed by atoms with E-state index in [9.17, 15) is 48.6 Å². The monoisotopic (exact) mass is 968 g/mol. The number of rotatable bonds is 28. The number of nitrogens with one attached hydrogen (secondary N) is 8. The minimum Gasteiger partial charge on any atom is -0.508 e. The molecular weight excluding hydrogens is 895 g/mol. The van der Waals surface area contributed by atoms with Crippen molar-refractivity contribution >= 4 is 53.3 Å². The molecule has 1 saturated heterocycles. The molecule has 14 N–H and O–H groups in total. The number of likely N-dealkylation sites (N-methyl/N-ethyl adjacent to an activating group) is 1. The largest absolute Gasteiger partial charge is 0.508 e. The summed E-state index contributed by atoms with van der Waals surface area (Å²) in [6.45, 7) is 10.7. The maximum absolute atomic E-state index is 14.5. The molecule has 0 spiro atoms. The lowest BCUT2D eigenvalue weighted by Gasteiger charge is -2.32. The molecule has 69 heavy (non-hydrogen) atoms. The molecule has 23 heteroatoms. The van der Waals surface area contributed by atoms with Crippen LogP contribution in [-0.2, 0) is 51.2 Å². The summed E-state index contributed by atoms with van der Waals surface area (Å²) in [5.41, 5.74) is 11.9. The van der Waals surface area contributed by atoms with Crippen molar-refractivity contribution in [1.29, 1.82) is 0 Å². The maximum Gasteiger partial charge on any atom is 0.326 e. The Balaban J connectivity index is 1.92. The molecule has 2 aromatic rings. The fraction of sp³-hybridized carbons (Fsp3) is 0.609. The van der Waals surface area contributed by atoms with Gasteiger partial charge in [-0.05, 0) is 68.2 Å². The van der Waals surface area contributed by atoms with Crippen molar-refractivity contribution in [3.8, 4) is 5.75 Å². The van der Waals surface area contributed by atoms with Crippen molar-refractivity contribution < 1.29 is 48.6 Å². The van der Waals surface area contributed by atoms with Crippen LogP contribution in [0.15, 0.2) is 41.8 Å². The Morgan fingerprint density at radius 2 is 1.41 bits per heavy atom. The molecule has 23 nitrogen and oxygen atoms in total. The molecular formula is C46H73N13O10. The van der Waals surface area contributed by atoms with Crippen LogP contribution in [0.25, 0.3) is 0 Å². The number of aromatic hydroxyl groups is 1. The van der Waals surface area contributed by atoms with Gasteiger partial charge in [0.1, 0.15) is 48.0 Å². The summed E-state index contributed by atoms with van der Waals surface area (Å²) in [4.78, 5) is 122. The fourth-order valence-electron chi connectivity index (χ4n) is 7.77. The number of aromatic amines is 1. The van der Waals surface area contributed by atoms with E-state index in [1.54, 1.807) is 46.9 Å². The first-order valence-corrected chi connectivity index (χ1v) is 23.5. The summed E-state index contributed by atoms with van der Waals surface area (Å²) in [6, 6.07) is -2.38. The number of imidazole rings is 1. The van der Waals surface area contributed by atoms with E-state index in [1.807, 2.05) is 13.8 Å². The van der Waals surface area contributed by atoms with E-state index in [4.69, 9.17) is 11.5 Å². The van der Waals surface area contributed by atoms with Gasteiger partial charge in [-0.25, -0.2) is 9.78 Å². The number of H-pyrrole nitrogens is 1. The average Bonchev–Trinajstić information content (AvgIpc) is 4.02. The number of aliphatic imine (C=N–C) groups is 1. The van der Waals surface area contributed by atoms with Gasteiger partial charge in [0.15, 0.2) is 5.96 Å². The molecule has 382 valence electrons. The molecule has 1 aromatic heterocycles. The smallest absolute Gasteiger partial charge is 0.326 e. The molecule has 0 aliphatic carbocycles. The molecule has 0 radical (unpaired) electrons. The molecule has 7 amide bonds. The zero-order chi connectivity index (χ0) is 51.4. The van der Waals surface area contributed by atoms with Crippen molar-refractivity contribution in [2.75, 3.05) is 26.7 Å². The number of carboxylic acid groups (broad SMARTS) is 1. The average molecular weight is 968 g/mol. The Morgan fingerprint density at radius 1 is 0.797 bits per heavy atom. The van der Waals surface area contributed by atoms with Crippen LogP contribution in [0.2, 0.25) is 0 Å². The standard InChI is InChI=1S/C46H73N13O10/c1-8-26(5)37(43(66)55-33(21-29-22-50-24-52-29)44(67)59-19-11-13-34(59)41(64)58-38(45(68)69)27(6)9-2)57-40(63)32(20-28-14-16-30(60)17-15-28)54-42(65)36(25(3)4)56-39(62)31(53-35(61)23-49-7)12-10-18-51-46(47)48/h14-17,22,24-27,31-34,36-38,49,60H,8-13,18-21,23H2,1-7H3,(H,50,52)(H,53,61)(H,54,65)(H,55,66)(H,56,62)(H,57,63)(H,58,64)(H,68,69)(H4,47,48,51)/t26-,27-,31-,32+,33-,34-,36-,37-,38-/m0/s1. The number of carbonyl (C=O) groups is 8. The molecule has 0 unspecified atom stereocenters. The number of likely N-dealkylation sites (tertiary alicyclic amines) is 1. The summed E-state index contributed by atoms with van der Waals surface area (Å²) < 4.78 is 0. The SMILES string of the molecule is CC[C@H](C)[C@H](NC(=O)[C@@H]1CCCN1C(=O)[C@H](Cc1cnc[nH]1)NC(=O)[C@@H](NC(=O)[C@@H](Cc1ccc(O)cc1)NC(=O)[C@@H](NC(=O)[C@H](CCCN=C(N)N)NC(=O)CNC)C(C)C)[C@@H](C)CC)C(=O)O. The van der Waals surface area contributed by atoms with Gasteiger partial charge in [0.2, 0.25) is 41.4 Å². The van der Waals surface area contributed by atoms with E-state index < -0.39 is 101 Å². The summed E-state index contributed by atoms with van der Waals surface area (Å²) in [5.74, 6) is -7.40. The van der Waals surface area contributed by atoms with E-state index in [0.29, 0.717) is 36.9 Å². The Morgan fingerprint density at radius 3 is 1.99 bits per heavy atom.